The molecule has 0 amide bonds. The number of nitrogens with zero attached hydrogens (tertiary/aromatic N) is 1. The number of ketones is 1. The van der Waals surface area contributed by atoms with Crippen LogP contribution in [-0.4, -0.2) is 39.2 Å². The number of aromatic nitrogens is 1. The molecule has 0 atom stereocenters. The number of benzene rings is 3. The fraction of sp³-hybridized carbons (Fsp3) is 0.154. The number of carbonyl (C=O) groups is 1. The third-order valence-electron chi connectivity index (χ3n) is 5.16. The summed E-state index contributed by atoms with van der Waals surface area (Å²) in [5.41, 5.74) is 2.57. The number of Topliss-reactive ketones (excluding diaryl/α,β-unsaturated/α-hetero) is 1. The third-order valence-corrected chi connectivity index (χ3v) is 5.16. The number of hydrogen-bond acceptors (Lipinski definition) is 7. The molecule has 0 saturated heterocycles. The van der Waals surface area contributed by atoms with Crippen LogP contribution in [0.15, 0.2) is 65.1 Å². The van der Waals surface area contributed by atoms with Gasteiger partial charge in [-0.25, -0.2) is 4.98 Å². The third kappa shape index (κ3) is 4.39. The summed E-state index contributed by atoms with van der Waals surface area (Å²) in [4.78, 5) is 18.2. The van der Waals surface area contributed by atoms with Gasteiger partial charge in [0.2, 0.25) is 5.89 Å². The average Bonchev–Trinajstić information content (AvgIpc) is 3.30. The van der Waals surface area contributed by atoms with Crippen LogP contribution in [-0.2, 0) is 0 Å². The van der Waals surface area contributed by atoms with Gasteiger partial charge in [0.25, 0.3) is 0 Å². The van der Waals surface area contributed by atoms with Crippen molar-refractivity contribution in [3.8, 4) is 23.0 Å². The van der Waals surface area contributed by atoms with E-state index in [1.165, 1.54) is 7.11 Å². The lowest BCUT2D eigenvalue weighted by Gasteiger charge is -2.11. The highest BCUT2D eigenvalue weighted by molar-refractivity contribution is 6.31. The highest BCUT2D eigenvalue weighted by Gasteiger charge is 2.22. The Hall–Kier alpha value is -4.26. The van der Waals surface area contributed by atoms with Crippen molar-refractivity contribution in [2.45, 2.75) is 0 Å². The molecule has 33 heavy (non-hydrogen) atoms. The van der Waals surface area contributed by atoms with Gasteiger partial charge >= 0.3 is 0 Å². The van der Waals surface area contributed by atoms with E-state index < -0.39 is 0 Å². The first-order valence-corrected chi connectivity index (χ1v) is 10.1. The van der Waals surface area contributed by atoms with E-state index in [0.29, 0.717) is 45.2 Å². The van der Waals surface area contributed by atoms with Gasteiger partial charge in [0.1, 0.15) is 17.0 Å². The van der Waals surface area contributed by atoms with Crippen LogP contribution in [0.5, 0.6) is 23.0 Å². The summed E-state index contributed by atoms with van der Waals surface area (Å²) >= 11 is 0. The minimum atomic E-state index is -0.291. The van der Waals surface area contributed by atoms with Crippen molar-refractivity contribution >= 4 is 28.5 Å². The number of ether oxygens (including phenoxy) is 4. The predicted molar refractivity (Wildman–Crippen MR) is 125 cm³/mol. The van der Waals surface area contributed by atoms with Gasteiger partial charge in [-0.3, -0.25) is 4.79 Å². The zero-order valence-corrected chi connectivity index (χ0v) is 18.7. The number of fused-ring (bicyclic) bond motifs is 1. The molecule has 0 bridgehead atoms. The molecule has 0 unspecified atom stereocenters. The highest BCUT2D eigenvalue weighted by Crippen LogP contribution is 2.33. The summed E-state index contributed by atoms with van der Waals surface area (Å²) in [5, 5.41) is 0. The van der Waals surface area contributed by atoms with Crippen LogP contribution in [0, 0.1) is 0 Å². The normalized spacial score (nSPS) is 11.3. The summed E-state index contributed by atoms with van der Waals surface area (Å²) in [6, 6.07) is 17.7. The van der Waals surface area contributed by atoms with Crippen molar-refractivity contribution in [1.29, 1.82) is 0 Å². The Morgan fingerprint density at radius 3 is 2.27 bits per heavy atom. The van der Waals surface area contributed by atoms with Crippen molar-refractivity contribution in [2.75, 3.05) is 28.4 Å². The first-order chi connectivity index (χ1) is 16.1. The zero-order valence-electron chi connectivity index (χ0n) is 18.7. The van der Waals surface area contributed by atoms with Crippen LogP contribution >= 0.6 is 0 Å². The van der Waals surface area contributed by atoms with Gasteiger partial charge in [-0.2, -0.15) is 0 Å². The average molecular weight is 445 g/mol. The Morgan fingerprint density at radius 2 is 1.58 bits per heavy atom. The zero-order chi connectivity index (χ0) is 23.4. The fourth-order valence-corrected chi connectivity index (χ4v) is 3.44. The lowest BCUT2D eigenvalue weighted by atomic mass is 10.00. The standard InChI is InChI=1S/C26H23NO6/c1-29-18-11-9-16(23(15-18)31-3)13-19(26-27-20-7-5-6-8-21(20)33-26)25(28)17-10-12-22(30-2)24(14-17)32-4/h5-15H,1-4H3/b19-13-. The van der Waals surface area contributed by atoms with Gasteiger partial charge < -0.3 is 23.4 Å². The summed E-state index contributed by atoms with van der Waals surface area (Å²) in [5.74, 6) is 2.07. The molecular formula is C26H23NO6. The summed E-state index contributed by atoms with van der Waals surface area (Å²) < 4.78 is 27.4. The van der Waals surface area contributed by atoms with E-state index in [-0.39, 0.29) is 17.2 Å². The van der Waals surface area contributed by atoms with Crippen molar-refractivity contribution in [1.82, 2.24) is 4.98 Å². The maximum atomic E-state index is 13.7. The van der Waals surface area contributed by atoms with E-state index in [1.54, 1.807) is 63.8 Å². The fourth-order valence-electron chi connectivity index (χ4n) is 3.44. The smallest absolute Gasteiger partial charge is 0.231 e. The number of allylic oxidation sites excluding steroid dienone is 1. The van der Waals surface area contributed by atoms with E-state index in [0.717, 1.165) is 0 Å². The number of hydrogen-bond donors (Lipinski definition) is 0. The molecule has 0 radical (unpaired) electrons. The molecule has 0 fully saturated rings. The van der Waals surface area contributed by atoms with Crippen molar-refractivity contribution in [3.63, 3.8) is 0 Å². The molecule has 7 nitrogen and oxygen atoms in total. The molecule has 0 aliphatic rings. The summed E-state index contributed by atoms with van der Waals surface area (Å²) in [6.45, 7) is 0. The number of para-hydroxylation sites is 2. The summed E-state index contributed by atoms with van der Waals surface area (Å²) in [7, 11) is 6.20. The van der Waals surface area contributed by atoms with Crippen molar-refractivity contribution in [2.24, 2.45) is 0 Å². The first-order valence-electron chi connectivity index (χ1n) is 10.1. The van der Waals surface area contributed by atoms with E-state index in [2.05, 4.69) is 4.98 Å². The molecule has 1 heterocycles. The molecule has 4 aromatic rings. The number of oxazole rings is 1. The second-order valence-corrected chi connectivity index (χ2v) is 7.05. The molecule has 0 N–H and O–H groups in total. The SMILES string of the molecule is COc1ccc(/C=C(/C(=O)c2ccc(OC)c(OC)c2)c2nc3ccccc3o2)c(OC)c1. The molecule has 0 aliphatic carbocycles. The van der Waals surface area contributed by atoms with Gasteiger partial charge in [0, 0.05) is 17.2 Å². The molecule has 1 aromatic heterocycles. The maximum absolute atomic E-state index is 13.7. The maximum Gasteiger partial charge on any atom is 0.231 e. The molecular weight excluding hydrogens is 422 g/mol. The predicted octanol–water partition coefficient (Wildman–Crippen LogP) is 5.29. The molecule has 7 heteroatoms. The highest BCUT2D eigenvalue weighted by atomic mass is 16.5. The molecule has 168 valence electrons. The van der Waals surface area contributed by atoms with Crippen molar-refractivity contribution < 1.29 is 28.2 Å². The molecule has 0 saturated carbocycles. The lowest BCUT2D eigenvalue weighted by Crippen LogP contribution is -2.05. The minimum Gasteiger partial charge on any atom is -0.497 e. The Morgan fingerprint density at radius 1 is 0.818 bits per heavy atom. The Labute approximate surface area is 191 Å². The Kier molecular flexibility index (Phi) is 6.31. The van der Waals surface area contributed by atoms with E-state index in [1.807, 2.05) is 24.3 Å². The Bertz CT molecular complexity index is 1300. The molecule has 3 aromatic carbocycles. The van der Waals surface area contributed by atoms with Gasteiger partial charge in [-0.15, -0.1) is 0 Å². The van der Waals surface area contributed by atoms with Crippen LogP contribution in [0.1, 0.15) is 21.8 Å². The molecule has 4 rings (SSSR count). The Balaban J connectivity index is 1.88. The first kappa shape index (κ1) is 22.0. The van der Waals surface area contributed by atoms with Gasteiger partial charge in [-0.05, 0) is 48.5 Å². The van der Waals surface area contributed by atoms with Crippen LogP contribution in [0.4, 0.5) is 0 Å². The number of methoxy groups -OCH3 is 4. The van der Waals surface area contributed by atoms with E-state index in [4.69, 9.17) is 23.4 Å². The molecule has 0 aliphatic heterocycles. The minimum absolute atomic E-state index is 0.203. The van der Waals surface area contributed by atoms with Gasteiger partial charge in [0.15, 0.2) is 22.9 Å². The topological polar surface area (TPSA) is 80.0 Å². The number of carbonyl (C=O) groups excluding carboxylic acids is 1. The van der Waals surface area contributed by atoms with E-state index in [9.17, 15) is 4.79 Å². The second-order valence-electron chi connectivity index (χ2n) is 7.05. The summed E-state index contributed by atoms with van der Waals surface area (Å²) in [6.07, 6.45) is 1.70. The van der Waals surface area contributed by atoms with Crippen LogP contribution in [0.25, 0.3) is 22.7 Å². The molecule has 0 spiro atoms. The lowest BCUT2D eigenvalue weighted by molar-refractivity contribution is 0.105. The monoisotopic (exact) mass is 445 g/mol. The number of rotatable bonds is 8. The van der Waals surface area contributed by atoms with E-state index >= 15 is 0 Å². The van der Waals surface area contributed by atoms with Crippen LogP contribution in [0.2, 0.25) is 0 Å². The van der Waals surface area contributed by atoms with Gasteiger partial charge in [0.05, 0.1) is 34.0 Å². The van der Waals surface area contributed by atoms with Crippen LogP contribution < -0.4 is 18.9 Å². The second kappa shape index (κ2) is 9.48. The van der Waals surface area contributed by atoms with Crippen molar-refractivity contribution in [3.05, 3.63) is 77.7 Å². The quantitative estimate of drug-likeness (QED) is 0.269. The van der Waals surface area contributed by atoms with Crippen LogP contribution in [0.3, 0.4) is 0 Å². The largest absolute Gasteiger partial charge is 0.497 e. The van der Waals surface area contributed by atoms with Gasteiger partial charge in [-0.1, -0.05) is 12.1 Å².